The van der Waals surface area contributed by atoms with Gasteiger partial charge in [0.05, 0.1) is 11.4 Å². The number of hydrogen-bond donors (Lipinski definition) is 0. The zero-order valence-corrected chi connectivity index (χ0v) is 20.5. The van der Waals surface area contributed by atoms with E-state index in [2.05, 4.69) is 108 Å². The molecule has 3 aromatic carbocycles. The van der Waals surface area contributed by atoms with Crippen LogP contribution in [-0.4, -0.2) is 21.5 Å². The fourth-order valence-electron chi connectivity index (χ4n) is 5.37. The fraction of sp³-hybridized carbons (Fsp3) is 0.323. The number of hydrogen-bond acceptors (Lipinski definition) is 2. The van der Waals surface area contributed by atoms with Crippen molar-refractivity contribution in [3.05, 3.63) is 102 Å². The highest BCUT2D eigenvalue weighted by Gasteiger charge is 2.27. The van der Waals surface area contributed by atoms with Crippen molar-refractivity contribution in [2.24, 2.45) is 0 Å². The number of rotatable bonds is 8. The summed E-state index contributed by atoms with van der Waals surface area (Å²) in [6.07, 6.45) is 5.97. The summed E-state index contributed by atoms with van der Waals surface area (Å²) in [7, 11) is 2.29. The lowest BCUT2D eigenvalue weighted by atomic mass is 9.87. The van der Waals surface area contributed by atoms with E-state index >= 15 is 0 Å². The molecule has 1 aromatic heterocycles. The van der Waals surface area contributed by atoms with Gasteiger partial charge in [-0.2, -0.15) is 0 Å². The molecule has 0 aliphatic heterocycles. The predicted molar refractivity (Wildman–Crippen MR) is 142 cm³/mol. The lowest BCUT2D eigenvalue weighted by molar-refractivity contribution is 0.208. The van der Waals surface area contributed by atoms with E-state index in [0.29, 0.717) is 6.04 Å². The monoisotopic (exact) mass is 449 g/mol. The number of fused-ring (bicyclic) bond motifs is 1. The molecule has 4 aromatic rings. The van der Waals surface area contributed by atoms with Crippen LogP contribution in [0, 0.1) is 0 Å². The number of benzene rings is 3. The Labute approximate surface area is 204 Å². The molecule has 0 spiro atoms. The van der Waals surface area contributed by atoms with Crippen molar-refractivity contribution in [1.29, 1.82) is 0 Å². The van der Waals surface area contributed by atoms with Gasteiger partial charge in [-0.1, -0.05) is 98.3 Å². The van der Waals surface area contributed by atoms with Gasteiger partial charge in [0, 0.05) is 30.3 Å². The first-order chi connectivity index (χ1) is 16.8. The molecule has 0 saturated carbocycles. The number of unbranched alkanes of at least 4 members (excludes halogenated alkanes) is 1. The molecule has 0 bridgehead atoms. The smallest absolute Gasteiger partial charge is 0.140 e. The van der Waals surface area contributed by atoms with E-state index < -0.39 is 0 Å². The molecule has 0 radical (unpaired) electrons. The summed E-state index contributed by atoms with van der Waals surface area (Å²) in [6.45, 7) is 4.14. The second-order valence-electron chi connectivity index (χ2n) is 9.49. The number of aryl methyl sites for hydroxylation is 1. The summed E-state index contributed by atoms with van der Waals surface area (Å²) in [6, 6.07) is 30.8. The van der Waals surface area contributed by atoms with Crippen LogP contribution in [0.1, 0.15) is 55.5 Å². The Bertz CT molecular complexity index is 1210. The van der Waals surface area contributed by atoms with E-state index in [1.807, 2.05) is 0 Å². The Morgan fingerprint density at radius 2 is 1.56 bits per heavy atom. The van der Waals surface area contributed by atoms with E-state index in [4.69, 9.17) is 4.98 Å². The Kier molecular flexibility index (Phi) is 6.92. The summed E-state index contributed by atoms with van der Waals surface area (Å²) in [4.78, 5) is 7.84. The van der Waals surface area contributed by atoms with Crippen LogP contribution in [0.25, 0.3) is 22.6 Å². The van der Waals surface area contributed by atoms with Crippen LogP contribution in [0.2, 0.25) is 0 Å². The zero-order valence-electron chi connectivity index (χ0n) is 20.5. The van der Waals surface area contributed by atoms with Crippen LogP contribution >= 0.6 is 0 Å². The lowest BCUT2D eigenvalue weighted by Crippen LogP contribution is -2.28. The summed E-state index contributed by atoms with van der Waals surface area (Å²) in [5, 5.41) is 0. The predicted octanol–water partition coefficient (Wildman–Crippen LogP) is 7.53. The van der Waals surface area contributed by atoms with Crippen molar-refractivity contribution in [1.82, 2.24) is 14.5 Å². The van der Waals surface area contributed by atoms with E-state index in [-0.39, 0.29) is 0 Å². The Morgan fingerprint density at radius 1 is 0.882 bits per heavy atom. The van der Waals surface area contributed by atoms with E-state index in [1.54, 1.807) is 0 Å². The second kappa shape index (κ2) is 10.4. The van der Waals surface area contributed by atoms with E-state index in [1.165, 1.54) is 53.6 Å². The lowest BCUT2D eigenvalue weighted by Gasteiger charge is -2.33. The topological polar surface area (TPSA) is 21.1 Å². The summed E-state index contributed by atoms with van der Waals surface area (Å²) in [5.41, 5.74) is 7.84. The number of nitrogens with zero attached hydrogens (tertiary/aromatic N) is 3. The molecule has 34 heavy (non-hydrogen) atoms. The van der Waals surface area contributed by atoms with Gasteiger partial charge < -0.3 is 4.57 Å². The van der Waals surface area contributed by atoms with Crippen LogP contribution in [0.4, 0.5) is 0 Å². The molecular formula is C31H35N3. The fourth-order valence-corrected chi connectivity index (χ4v) is 5.37. The first-order valence-corrected chi connectivity index (χ1v) is 12.7. The molecule has 0 saturated heterocycles. The van der Waals surface area contributed by atoms with Gasteiger partial charge in [-0.25, -0.2) is 4.98 Å². The third kappa shape index (κ3) is 4.58. The van der Waals surface area contributed by atoms with Crippen molar-refractivity contribution >= 4 is 0 Å². The van der Waals surface area contributed by atoms with E-state index in [0.717, 1.165) is 31.0 Å². The molecule has 3 heteroatoms. The minimum absolute atomic E-state index is 0.447. The highest BCUT2D eigenvalue weighted by molar-refractivity contribution is 5.68. The molecule has 5 rings (SSSR count). The summed E-state index contributed by atoms with van der Waals surface area (Å²) < 4.78 is 2.49. The van der Waals surface area contributed by atoms with Gasteiger partial charge in [0.2, 0.25) is 0 Å². The highest BCUT2D eigenvalue weighted by atomic mass is 15.2. The molecule has 1 aliphatic rings. The highest BCUT2D eigenvalue weighted by Crippen LogP contribution is 2.36. The average molecular weight is 450 g/mol. The maximum absolute atomic E-state index is 5.28. The SMILES string of the molecule is CCCCn1c(-c2ccccc2)nc(-c2ccccc2)c1CN(C)C1CCCc2ccccc21. The van der Waals surface area contributed by atoms with Crippen LogP contribution in [0.3, 0.4) is 0 Å². The minimum atomic E-state index is 0.447. The minimum Gasteiger partial charge on any atom is -0.326 e. The van der Waals surface area contributed by atoms with Crippen molar-refractivity contribution in [2.75, 3.05) is 7.05 Å². The zero-order chi connectivity index (χ0) is 23.3. The maximum atomic E-state index is 5.28. The van der Waals surface area contributed by atoms with Crippen molar-refractivity contribution in [2.45, 2.75) is 58.2 Å². The largest absolute Gasteiger partial charge is 0.326 e. The Hall–Kier alpha value is -3.17. The maximum Gasteiger partial charge on any atom is 0.140 e. The van der Waals surface area contributed by atoms with Gasteiger partial charge in [-0.05, 0) is 43.9 Å². The summed E-state index contributed by atoms with van der Waals surface area (Å²) >= 11 is 0. The van der Waals surface area contributed by atoms with Crippen molar-refractivity contribution < 1.29 is 0 Å². The van der Waals surface area contributed by atoms with Crippen LogP contribution < -0.4 is 0 Å². The molecule has 1 unspecified atom stereocenters. The summed E-state index contributed by atoms with van der Waals surface area (Å²) in [5.74, 6) is 1.08. The first-order valence-electron chi connectivity index (χ1n) is 12.7. The number of aromatic nitrogens is 2. The Balaban J connectivity index is 1.59. The van der Waals surface area contributed by atoms with Gasteiger partial charge in [-0.3, -0.25) is 4.90 Å². The average Bonchev–Trinajstić information content (AvgIpc) is 3.25. The van der Waals surface area contributed by atoms with E-state index in [9.17, 15) is 0 Å². The third-order valence-corrected chi connectivity index (χ3v) is 7.16. The van der Waals surface area contributed by atoms with Gasteiger partial charge in [0.25, 0.3) is 0 Å². The van der Waals surface area contributed by atoms with Gasteiger partial charge >= 0.3 is 0 Å². The molecule has 1 aliphatic carbocycles. The number of imidazole rings is 1. The standard InChI is InChI=1S/C31H35N3/c1-3-4-22-34-29(23-33(2)28-21-13-19-24-14-11-12-20-27(24)28)30(25-15-7-5-8-16-25)32-31(34)26-17-9-6-10-18-26/h5-12,14-18,20,28H,3-4,13,19,21-23H2,1-2H3. The van der Waals surface area contributed by atoms with Crippen molar-refractivity contribution in [3.8, 4) is 22.6 Å². The van der Waals surface area contributed by atoms with Gasteiger partial charge in [-0.15, -0.1) is 0 Å². The molecule has 1 atom stereocenters. The Morgan fingerprint density at radius 3 is 2.29 bits per heavy atom. The molecule has 0 amide bonds. The molecule has 0 N–H and O–H groups in total. The van der Waals surface area contributed by atoms with Gasteiger partial charge in [0.1, 0.15) is 5.82 Å². The van der Waals surface area contributed by atoms with Crippen LogP contribution in [0.15, 0.2) is 84.9 Å². The van der Waals surface area contributed by atoms with Crippen LogP contribution in [-0.2, 0) is 19.5 Å². The molecule has 3 nitrogen and oxygen atoms in total. The van der Waals surface area contributed by atoms with Gasteiger partial charge in [0.15, 0.2) is 0 Å². The van der Waals surface area contributed by atoms with Crippen molar-refractivity contribution in [3.63, 3.8) is 0 Å². The van der Waals surface area contributed by atoms with Crippen LogP contribution in [0.5, 0.6) is 0 Å². The molecule has 1 heterocycles. The second-order valence-corrected chi connectivity index (χ2v) is 9.49. The molecule has 174 valence electrons. The quantitative estimate of drug-likeness (QED) is 0.277. The molecule has 0 fully saturated rings. The first kappa shape index (κ1) is 22.6. The molecular weight excluding hydrogens is 414 g/mol. The normalized spacial score (nSPS) is 15.4. The third-order valence-electron chi connectivity index (χ3n) is 7.16.